The zero-order chi connectivity index (χ0) is 10.7. The van der Waals surface area contributed by atoms with E-state index in [1.165, 1.54) is 6.42 Å². The maximum absolute atomic E-state index is 12.2. The molecule has 1 saturated carbocycles. The van der Waals surface area contributed by atoms with Gasteiger partial charge in [0.05, 0.1) is 0 Å². The van der Waals surface area contributed by atoms with Crippen LogP contribution in [0.3, 0.4) is 0 Å². The Labute approximate surface area is 92.2 Å². The molecule has 2 fully saturated rings. The van der Waals surface area contributed by atoms with Crippen molar-refractivity contribution in [1.29, 1.82) is 0 Å². The molecule has 1 aliphatic heterocycles. The minimum absolute atomic E-state index is 0.358. The van der Waals surface area contributed by atoms with Gasteiger partial charge in [0.15, 0.2) is 0 Å². The molecule has 0 bridgehead atoms. The molecule has 1 saturated heterocycles. The van der Waals surface area contributed by atoms with E-state index in [1.54, 1.807) is 0 Å². The van der Waals surface area contributed by atoms with Crippen LogP contribution >= 0.6 is 0 Å². The van der Waals surface area contributed by atoms with Gasteiger partial charge in [-0.05, 0) is 32.2 Å². The number of amides is 1. The zero-order valence-electron chi connectivity index (χ0n) is 9.67. The number of carbonyl (C=O) groups excluding carboxylic acids is 1. The summed E-state index contributed by atoms with van der Waals surface area (Å²) in [5.41, 5.74) is 0. The third-order valence-corrected chi connectivity index (χ3v) is 3.68. The Morgan fingerprint density at radius 1 is 1.40 bits per heavy atom. The van der Waals surface area contributed by atoms with E-state index < -0.39 is 0 Å². The summed E-state index contributed by atoms with van der Waals surface area (Å²) in [4.78, 5) is 14.3. The van der Waals surface area contributed by atoms with E-state index in [4.69, 9.17) is 0 Å². The minimum atomic E-state index is 0.358. The summed E-state index contributed by atoms with van der Waals surface area (Å²) in [6.07, 6.45) is 5.71. The maximum Gasteiger partial charge on any atom is 0.225 e. The van der Waals surface area contributed by atoms with Crippen molar-refractivity contribution in [3.8, 4) is 0 Å². The Morgan fingerprint density at radius 3 is 2.67 bits per heavy atom. The van der Waals surface area contributed by atoms with Gasteiger partial charge in [-0.25, -0.2) is 0 Å². The molecule has 1 amide bonds. The third-order valence-electron chi connectivity index (χ3n) is 3.68. The lowest BCUT2D eigenvalue weighted by atomic mass is 9.84. The highest BCUT2D eigenvalue weighted by Crippen LogP contribution is 2.29. The van der Waals surface area contributed by atoms with Gasteiger partial charge in [0.2, 0.25) is 5.91 Å². The molecule has 3 nitrogen and oxygen atoms in total. The van der Waals surface area contributed by atoms with Gasteiger partial charge < -0.3 is 10.2 Å². The molecule has 1 N–H and O–H groups in total. The first-order valence-corrected chi connectivity index (χ1v) is 6.34. The first-order chi connectivity index (χ1) is 7.33. The average molecular weight is 210 g/mol. The fraction of sp³-hybridized carbons (Fsp3) is 0.917. The van der Waals surface area contributed by atoms with E-state index in [1.807, 2.05) is 0 Å². The highest BCUT2D eigenvalue weighted by Gasteiger charge is 2.33. The van der Waals surface area contributed by atoms with Crippen LogP contribution in [0.15, 0.2) is 0 Å². The van der Waals surface area contributed by atoms with Gasteiger partial charge in [0.25, 0.3) is 0 Å². The number of nitrogens with one attached hydrogen (secondary N) is 1. The van der Waals surface area contributed by atoms with Crippen LogP contribution in [0.5, 0.6) is 0 Å². The molecule has 1 aliphatic carbocycles. The van der Waals surface area contributed by atoms with Crippen LogP contribution in [0.1, 0.15) is 39.0 Å². The fourth-order valence-electron chi connectivity index (χ4n) is 2.51. The Hall–Kier alpha value is -0.570. The quantitative estimate of drug-likeness (QED) is 0.760. The molecule has 0 radical (unpaired) electrons. The van der Waals surface area contributed by atoms with Gasteiger partial charge in [0.1, 0.15) is 0 Å². The van der Waals surface area contributed by atoms with Crippen molar-refractivity contribution in [3.63, 3.8) is 0 Å². The highest BCUT2D eigenvalue weighted by molar-refractivity contribution is 5.80. The van der Waals surface area contributed by atoms with Crippen LogP contribution in [-0.2, 0) is 4.79 Å². The summed E-state index contributed by atoms with van der Waals surface area (Å²) in [6, 6.07) is 0.470. The predicted octanol–water partition coefficient (Wildman–Crippen LogP) is 1.39. The number of rotatable bonds is 4. The lowest BCUT2D eigenvalue weighted by molar-refractivity contribution is -0.140. The standard InChI is InChI=1S/C12H22N2O/c1-2-8-14(11-6-7-13-9-11)12(15)10-4-3-5-10/h10-11,13H,2-9H2,1H3. The minimum Gasteiger partial charge on any atom is -0.338 e. The first kappa shape index (κ1) is 10.9. The first-order valence-electron chi connectivity index (χ1n) is 6.34. The van der Waals surface area contributed by atoms with Crippen molar-refractivity contribution in [2.24, 2.45) is 5.92 Å². The molecule has 0 aromatic heterocycles. The highest BCUT2D eigenvalue weighted by atomic mass is 16.2. The van der Waals surface area contributed by atoms with Gasteiger partial charge in [-0.3, -0.25) is 4.79 Å². The second-order valence-electron chi connectivity index (χ2n) is 4.81. The van der Waals surface area contributed by atoms with Crippen molar-refractivity contribution in [2.45, 2.75) is 45.1 Å². The predicted molar refractivity (Wildman–Crippen MR) is 60.6 cm³/mol. The van der Waals surface area contributed by atoms with Crippen molar-refractivity contribution in [1.82, 2.24) is 10.2 Å². The topological polar surface area (TPSA) is 32.3 Å². The second kappa shape index (κ2) is 4.97. The molecule has 0 aromatic carbocycles. The molecule has 0 spiro atoms. The zero-order valence-corrected chi connectivity index (χ0v) is 9.67. The van der Waals surface area contributed by atoms with Gasteiger partial charge in [-0.2, -0.15) is 0 Å². The second-order valence-corrected chi connectivity index (χ2v) is 4.81. The molecule has 15 heavy (non-hydrogen) atoms. The van der Waals surface area contributed by atoms with Gasteiger partial charge in [-0.1, -0.05) is 13.3 Å². The molecular weight excluding hydrogens is 188 g/mol. The smallest absolute Gasteiger partial charge is 0.225 e. The monoisotopic (exact) mass is 210 g/mol. The van der Waals surface area contributed by atoms with Gasteiger partial charge in [0, 0.05) is 25.0 Å². The lowest BCUT2D eigenvalue weighted by Gasteiger charge is -2.35. The van der Waals surface area contributed by atoms with E-state index >= 15 is 0 Å². The average Bonchev–Trinajstić information content (AvgIpc) is 2.63. The molecule has 1 heterocycles. The number of hydrogen-bond acceptors (Lipinski definition) is 2. The summed E-state index contributed by atoms with van der Waals surface area (Å²) in [5, 5.41) is 3.35. The number of hydrogen-bond donors (Lipinski definition) is 1. The number of nitrogens with zero attached hydrogens (tertiary/aromatic N) is 1. The summed E-state index contributed by atoms with van der Waals surface area (Å²) in [5.74, 6) is 0.786. The van der Waals surface area contributed by atoms with E-state index in [0.717, 1.165) is 45.3 Å². The molecule has 0 aromatic rings. The van der Waals surface area contributed by atoms with E-state index in [-0.39, 0.29) is 0 Å². The van der Waals surface area contributed by atoms with Gasteiger partial charge >= 0.3 is 0 Å². The fourth-order valence-corrected chi connectivity index (χ4v) is 2.51. The molecule has 1 atom stereocenters. The van der Waals surface area contributed by atoms with Crippen LogP contribution in [0.4, 0.5) is 0 Å². The van der Waals surface area contributed by atoms with E-state index in [9.17, 15) is 4.79 Å². The van der Waals surface area contributed by atoms with Gasteiger partial charge in [-0.15, -0.1) is 0 Å². The van der Waals surface area contributed by atoms with Crippen LogP contribution in [0.2, 0.25) is 0 Å². The lowest BCUT2D eigenvalue weighted by Crippen LogP contribution is -2.46. The molecule has 86 valence electrons. The van der Waals surface area contributed by atoms with Crippen molar-refractivity contribution in [2.75, 3.05) is 19.6 Å². The van der Waals surface area contributed by atoms with Crippen LogP contribution in [0, 0.1) is 5.92 Å². The summed E-state index contributed by atoms with van der Waals surface area (Å²) in [7, 11) is 0. The van der Waals surface area contributed by atoms with Crippen molar-refractivity contribution >= 4 is 5.91 Å². The number of carbonyl (C=O) groups is 1. The summed E-state index contributed by atoms with van der Waals surface area (Å²) in [6.45, 7) is 5.17. The SMILES string of the molecule is CCCN(C(=O)C1CCC1)C1CCNC1. The molecule has 3 heteroatoms. The molecule has 2 aliphatic rings. The van der Waals surface area contributed by atoms with Crippen molar-refractivity contribution < 1.29 is 4.79 Å². The normalized spacial score (nSPS) is 26.3. The van der Waals surface area contributed by atoms with E-state index in [0.29, 0.717) is 17.9 Å². The third kappa shape index (κ3) is 2.33. The van der Waals surface area contributed by atoms with Crippen LogP contribution in [-0.4, -0.2) is 36.5 Å². The van der Waals surface area contributed by atoms with Crippen molar-refractivity contribution in [3.05, 3.63) is 0 Å². The summed E-state index contributed by atoms with van der Waals surface area (Å²) >= 11 is 0. The molecule has 1 unspecified atom stereocenters. The Bertz CT molecular complexity index is 220. The Balaban J connectivity index is 1.94. The Kier molecular flexibility index (Phi) is 3.62. The Morgan fingerprint density at radius 2 is 2.20 bits per heavy atom. The largest absolute Gasteiger partial charge is 0.338 e. The molecular formula is C12H22N2O. The maximum atomic E-state index is 12.2. The van der Waals surface area contributed by atoms with E-state index in [2.05, 4.69) is 17.1 Å². The molecule has 2 rings (SSSR count). The van der Waals surface area contributed by atoms with Crippen LogP contribution in [0.25, 0.3) is 0 Å². The van der Waals surface area contributed by atoms with Crippen LogP contribution < -0.4 is 5.32 Å². The summed E-state index contributed by atoms with van der Waals surface area (Å²) < 4.78 is 0.